The second-order valence-electron chi connectivity index (χ2n) is 8.00. The second-order valence-corrected chi connectivity index (χ2v) is 8.96. The van der Waals surface area contributed by atoms with Gasteiger partial charge in [-0.2, -0.15) is 0 Å². The van der Waals surface area contributed by atoms with Crippen LogP contribution in [-0.2, 0) is 17.6 Å². The molecule has 0 atom stereocenters. The van der Waals surface area contributed by atoms with Crippen molar-refractivity contribution in [1.29, 1.82) is 0 Å². The van der Waals surface area contributed by atoms with Crippen LogP contribution in [0.5, 0.6) is 0 Å². The van der Waals surface area contributed by atoms with E-state index in [4.69, 9.17) is 13.8 Å². The van der Waals surface area contributed by atoms with Crippen LogP contribution >= 0.6 is 11.8 Å². The Balaban J connectivity index is 1.31. The van der Waals surface area contributed by atoms with Gasteiger partial charge in [-0.05, 0) is 60.4 Å². The molecule has 168 valence electrons. The first kappa shape index (κ1) is 20.6. The lowest BCUT2D eigenvalue weighted by atomic mass is 10.0. The first-order valence-electron chi connectivity index (χ1n) is 11.1. The Morgan fingerprint density at radius 3 is 2.09 bits per heavy atom. The normalized spacial score (nSPS) is 12.8. The number of nitrogens with one attached hydrogen (secondary N) is 1. The average Bonchev–Trinajstić information content (AvgIpc) is 3.63. The third-order valence-corrected chi connectivity index (χ3v) is 6.77. The number of carbonyl (C=O) groups is 1. The summed E-state index contributed by atoms with van der Waals surface area (Å²) < 4.78 is 11.2. The molecule has 5 aromatic rings. The maximum atomic E-state index is 13.6. The standard InChI is InChI=1S/C27H21N3O3S/c31-24(30-20-9-3-1-7-18(20)13-14-19-8-2-4-10-21(19)30)17-34-27-28-25(22-11-5-15-32-22)26(29-27)23-12-6-16-33-23/h1-12,15-16H,13-14,17H2,(H,28,29). The highest BCUT2D eigenvalue weighted by molar-refractivity contribution is 7.99. The number of hydrogen-bond acceptors (Lipinski definition) is 5. The number of fused-ring (bicyclic) bond motifs is 2. The quantitative estimate of drug-likeness (QED) is 0.299. The van der Waals surface area contributed by atoms with Gasteiger partial charge in [-0.15, -0.1) is 0 Å². The van der Waals surface area contributed by atoms with Crippen LogP contribution in [-0.4, -0.2) is 21.6 Å². The number of rotatable bonds is 5. The van der Waals surface area contributed by atoms with Crippen molar-refractivity contribution in [2.45, 2.75) is 18.0 Å². The number of carbonyl (C=O) groups excluding carboxylic acids is 1. The highest BCUT2D eigenvalue weighted by Gasteiger charge is 2.26. The lowest BCUT2D eigenvalue weighted by molar-refractivity contribution is -0.115. The number of anilines is 2. The molecule has 0 saturated heterocycles. The predicted molar refractivity (Wildman–Crippen MR) is 132 cm³/mol. The van der Waals surface area contributed by atoms with E-state index in [2.05, 4.69) is 17.1 Å². The van der Waals surface area contributed by atoms with Crippen LogP contribution in [0.3, 0.4) is 0 Å². The van der Waals surface area contributed by atoms with Gasteiger partial charge in [0.25, 0.3) is 0 Å². The number of aromatic nitrogens is 2. The molecule has 0 aliphatic carbocycles. The SMILES string of the molecule is O=C(CSc1nc(-c2ccco2)c(-c2ccco2)[nH]1)N1c2ccccc2CCc2ccccc21. The fraction of sp³-hybridized carbons (Fsp3) is 0.111. The largest absolute Gasteiger partial charge is 0.463 e. The van der Waals surface area contributed by atoms with Gasteiger partial charge in [0.1, 0.15) is 11.4 Å². The van der Waals surface area contributed by atoms with Crippen molar-refractivity contribution in [3.05, 3.63) is 96.4 Å². The molecule has 0 saturated carbocycles. The number of para-hydroxylation sites is 2. The Kier molecular flexibility index (Phi) is 5.31. The van der Waals surface area contributed by atoms with Crippen LogP contribution in [0.1, 0.15) is 11.1 Å². The molecule has 7 heteroatoms. The highest BCUT2D eigenvalue weighted by atomic mass is 32.2. The summed E-state index contributed by atoms with van der Waals surface area (Å²) in [4.78, 5) is 23.5. The lowest BCUT2D eigenvalue weighted by Gasteiger charge is -2.24. The van der Waals surface area contributed by atoms with Gasteiger partial charge in [-0.3, -0.25) is 9.69 Å². The number of amides is 1. The summed E-state index contributed by atoms with van der Waals surface area (Å²) in [6.45, 7) is 0. The van der Waals surface area contributed by atoms with Crippen molar-refractivity contribution < 1.29 is 13.6 Å². The Morgan fingerprint density at radius 2 is 1.47 bits per heavy atom. The summed E-state index contributed by atoms with van der Waals surface area (Å²) >= 11 is 1.37. The lowest BCUT2D eigenvalue weighted by Crippen LogP contribution is -2.28. The minimum Gasteiger partial charge on any atom is -0.463 e. The van der Waals surface area contributed by atoms with E-state index in [9.17, 15) is 4.79 Å². The number of aromatic amines is 1. The van der Waals surface area contributed by atoms with E-state index in [1.165, 1.54) is 22.9 Å². The zero-order valence-corrected chi connectivity index (χ0v) is 19.0. The molecule has 6 nitrogen and oxygen atoms in total. The van der Waals surface area contributed by atoms with Crippen LogP contribution in [0.4, 0.5) is 11.4 Å². The maximum Gasteiger partial charge on any atom is 0.242 e. The molecule has 0 radical (unpaired) electrons. The van der Waals surface area contributed by atoms with Gasteiger partial charge in [-0.25, -0.2) is 4.98 Å². The first-order chi connectivity index (χ1) is 16.8. The fourth-order valence-corrected chi connectivity index (χ4v) is 5.07. The van der Waals surface area contributed by atoms with Crippen molar-refractivity contribution in [3.8, 4) is 22.9 Å². The Bertz CT molecular complexity index is 1340. The van der Waals surface area contributed by atoms with Crippen molar-refractivity contribution in [1.82, 2.24) is 9.97 Å². The fourth-order valence-electron chi connectivity index (χ4n) is 4.35. The molecular formula is C27H21N3O3S. The molecule has 1 aliphatic rings. The Morgan fingerprint density at radius 1 is 0.853 bits per heavy atom. The molecule has 1 N–H and O–H groups in total. The molecule has 1 amide bonds. The molecule has 6 rings (SSSR count). The molecule has 0 spiro atoms. The number of benzene rings is 2. The zero-order valence-electron chi connectivity index (χ0n) is 18.2. The van der Waals surface area contributed by atoms with Gasteiger partial charge < -0.3 is 13.8 Å². The molecule has 4 heterocycles. The van der Waals surface area contributed by atoms with Crippen LogP contribution < -0.4 is 4.90 Å². The van der Waals surface area contributed by atoms with E-state index in [1.54, 1.807) is 12.5 Å². The van der Waals surface area contributed by atoms with Gasteiger partial charge in [-0.1, -0.05) is 48.2 Å². The Labute approximate surface area is 200 Å². The van der Waals surface area contributed by atoms with E-state index in [1.807, 2.05) is 65.6 Å². The topological polar surface area (TPSA) is 75.3 Å². The van der Waals surface area contributed by atoms with E-state index in [0.717, 1.165) is 29.9 Å². The minimum atomic E-state index is 0.00213. The van der Waals surface area contributed by atoms with Crippen molar-refractivity contribution in [2.75, 3.05) is 10.7 Å². The summed E-state index contributed by atoms with van der Waals surface area (Å²) in [5.41, 5.74) is 5.63. The van der Waals surface area contributed by atoms with Crippen molar-refractivity contribution in [2.24, 2.45) is 0 Å². The third kappa shape index (κ3) is 3.74. The van der Waals surface area contributed by atoms with Crippen LogP contribution in [0.15, 0.2) is 99.3 Å². The predicted octanol–water partition coefficient (Wildman–Crippen LogP) is 6.49. The number of furan rings is 2. The van der Waals surface area contributed by atoms with Crippen LogP contribution in [0.2, 0.25) is 0 Å². The molecular weight excluding hydrogens is 446 g/mol. The molecule has 2 aromatic carbocycles. The molecule has 34 heavy (non-hydrogen) atoms. The van der Waals surface area contributed by atoms with Crippen molar-refractivity contribution in [3.63, 3.8) is 0 Å². The summed E-state index contributed by atoms with van der Waals surface area (Å²) in [6.07, 6.45) is 5.04. The number of imidazole rings is 1. The van der Waals surface area contributed by atoms with Gasteiger partial charge in [0.05, 0.1) is 29.7 Å². The smallest absolute Gasteiger partial charge is 0.242 e. The summed E-state index contributed by atoms with van der Waals surface area (Å²) in [5.74, 6) is 1.52. The molecule has 3 aromatic heterocycles. The van der Waals surface area contributed by atoms with Gasteiger partial charge in [0, 0.05) is 0 Å². The molecule has 0 bridgehead atoms. The monoisotopic (exact) mass is 467 g/mol. The average molecular weight is 468 g/mol. The Hall–Kier alpha value is -3.97. The van der Waals surface area contributed by atoms with Gasteiger partial charge >= 0.3 is 0 Å². The number of hydrogen-bond donors (Lipinski definition) is 1. The summed E-state index contributed by atoms with van der Waals surface area (Å²) in [6, 6.07) is 23.6. The highest BCUT2D eigenvalue weighted by Crippen LogP contribution is 2.37. The molecule has 1 aliphatic heterocycles. The van der Waals surface area contributed by atoms with Crippen LogP contribution in [0, 0.1) is 0 Å². The number of thioether (sulfide) groups is 1. The van der Waals surface area contributed by atoms with Crippen LogP contribution in [0.25, 0.3) is 22.9 Å². The zero-order chi connectivity index (χ0) is 22.9. The summed E-state index contributed by atoms with van der Waals surface area (Å²) in [5, 5.41) is 0.627. The van der Waals surface area contributed by atoms with E-state index >= 15 is 0 Å². The van der Waals surface area contributed by atoms with Gasteiger partial charge in [0.15, 0.2) is 16.7 Å². The number of aryl methyl sites for hydroxylation is 2. The number of nitrogens with zero attached hydrogens (tertiary/aromatic N) is 2. The molecule has 0 unspecified atom stereocenters. The van der Waals surface area contributed by atoms with Gasteiger partial charge in [0.2, 0.25) is 5.91 Å². The minimum absolute atomic E-state index is 0.00213. The third-order valence-electron chi connectivity index (χ3n) is 5.91. The van der Waals surface area contributed by atoms with E-state index in [0.29, 0.717) is 22.4 Å². The van der Waals surface area contributed by atoms with E-state index in [-0.39, 0.29) is 11.7 Å². The second kappa shape index (κ2) is 8.76. The molecule has 0 fully saturated rings. The number of H-pyrrole nitrogens is 1. The van der Waals surface area contributed by atoms with E-state index < -0.39 is 0 Å². The first-order valence-corrected chi connectivity index (χ1v) is 12.1. The maximum absolute atomic E-state index is 13.6. The van der Waals surface area contributed by atoms with Crippen molar-refractivity contribution >= 4 is 29.0 Å². The summed E-state index contributed by atoms with van der Waals surface area (Å²) in [7, 11) is 0.